The summed E-state index contributed by atoms with van der Waals surface area (Å²) in [6, 6.07) is 76.9. The highest BCUT2D eigenvalue weighted by molar-refractivity contribution is 6.26. The lowest BCUT2D eigenvalue weighted by Crippen LogP contribution is -2.19. The van der Waals surface area contributed by atoms with Gasteiger partial charge in [0.2, 0.25) is 0 Å². The van der Waals surface area contributed by atoms with Gasteiger partial charge in [0, 0.05) is 50.8 Å². The third kappa shape index (κ3) is 8.64. The number of hydrogen-bond acceptors (Lipinski definition) is 5. The monoisotopic (exact) mass is 1000 g/mol. The maximum atomic E-state index is 14.6. The summed E-state index contributed by atoms with van der Waals surface area (Å²) < 4.78 is 6.74. The largest absolute Gasteiger partial charge is 0.456 e. The zero-order valence-corrected chi connectivity index (χ0v) is 43.2. The number of furan rings is 1. The van der Waals surface area contributed by atoms with E-state index >= 15 is 0 Å². The minimum Gasteiger partial charge on any atom is -0.456 e. The van der Waals surface area contributed by atoms with E-state index < -0.39 is 5.92 Å². The molecule has 5 nitrogen and oxygen atoms in total. The summed E-state index contributed by atoms with van der Waals surface area (Å²) in [6.07, 6.45) is 13.6. The van der Waals surface area contributed by atoms with Crippen molar-refractivity contribution in [3.05, 3.63) is 288 Å². The summed E-state index contributed by atoms with van der Waals surface area (Å²) in [6.45, 7) is 1.96. The summed E-state index contributed by atoms with van der Waals surface area (Å²) in [5.41, 5.74) is 20.9. The van der Waals surface area contributed by atoms with Crippen molar-refractivity contribution < 1.29 is 9.21 Å². The van der Waals surface area contributed by atoms with E-state index in [1.807, 2.05) is 73.7 Å². The minimum absolute atomic E-state index is 0.0285. The SMILES string of the molecule is CC1C(=O)C(c2cccc(C3=CC(c4cc(CC[C@@H]5c6ccccc6-c6cc(-c7ccccc7)ccc65)c5oc6ccccc6c5c4)CC=C3)c2)=CC=C1c1nc(-c2ccccc2)nc(-c2ccc(-c3ccccc3)cc2)n1. The molecule has 0 aliphatic heterocycles. The van der Waals surface area contributed by atoms with Gasteiger partial charge in [0.25, 0.3) is 0 Å². The van der Waals surface area contributed by atoms with E-state index in [-0.39, 0.29) is 17.6 Å². The van der Waals surface area contributed by atoms with Gasteiger partial charge < -0.3 is 4.42 Å². The lowest BCUT2D eigenvalue weighted by atomic mass is 9.82. The topological polar surface area (TPSA) is 68.9 Å². The first-order valence-electron chi connectivity index (χ1n) is 27.1. The highest BCUT2D eigenvalue weighted by Gasteiger charge is 2.31. The number of hydrogen-bond donors (Lipinski definition) is 0. The molecule has 0 radical (unpaired) electrons. The molecular weight excluding hydrogens is 951 g/mol. The Hall–Kier alpha value is -9.58. The van der Waals surface area contributed by atoms with Gasteiger partial charge in [-0.1, -0.05) is 231 Å². The number of rotatable bonds is 11. The summed E-state index contributed by atoms with van der Waals surface area (Å²) in [5.74, 6) is 1.57. The van der Waals surface area contributed by atoms with Crippen LogP contribution < -0.4 is 0 Å². The van der Waals surface area contributed by atoms with Gasteiger partial charge in [0.15, 0.2) is 23.3 Å². The van der Waals surface area contributed by atoms with Gasteiger partial charge in [-0.25, -0.2) is 15.0 Å². The third-order valence-electron chi connectivity index (χ3n) is 16.2. The maximum absolute atomic E-state index is 14.6. The van der Waals surface area contributed by atoms with Crippen molar-refractivity contribution >= 4 is 44.4 Å². The molecule has 0 N–H and O–H groups in total. The molecule has 9 aromatic carbocycles. The van der Waals surface area contributed by atoms with Crippen molar-refractivity contribution in [2.75, 3.05) is 0 Å². The molecule has 78 heavy (non-hydrogen) atoms. The molecule has 14 rings (SSSR count). The van der Waals surface area contributed by atoms with Gasteiger partial charge in [0.1, 0.15) is 11.2 Å². The van der Waals surface area contributed by atoms with Crippen molar-refractivity contribution in [2.24, 2.45) is 5.92 Å². The number of Topliss-reactive ketones (excluding diaryl/α,β-unsaturated/α-hetero) is 1. The van der Waals surface area contributed by atoms with Crippen molar-refractivity contribution in [3.63, 3.8) is 0 Å². The molecule has 5 heteroatoms. The van der Waals surface area contributed by atoms with Crippen LogP contribution in [0, 0.1) is 5.92 Å². The average Bonchev–Trinajstić information content (AvgIpc) is 4.13. The zero-order valence-electron chi connectivity index (χ0n) is 43.2. The van der Waals surface area contributed by atoms with Crippen LogP contribution in [0.15, 0.2) is 253 Å². The van der Waals surface area contributed by atoms with Crippen molar-refractivity contribution in [1.82, 2.24) is 15.0 Å². The predicted octanol–water partition coefficient (Wildman–Crippen LogP) is 18.0. The highest BCUT2D eigenvalue weighted by atomic mass is 16.3. The number of aromatic nitrogens is 3. The van der Waals surface area contributed by atoms with E-state index in [4.69, 9.17) is 19.4 Å². The van der Waals surface area contributed by atoms with Crippen LogP contribution in [-0.4, -0.2) is 20.7 Å². The van der Waals surface area contributed by atoms with E-state index in [0.717, 1.165) is 85.7 Å². The number of ketones is 1. The van der Waals surface area contributed by atoms with E-state index in [9.17, 15) is 4.79 Å². The van der Waals surface area contributed by atoms with Crippen LogP contribution in [0.2, 0.25) is 0 Å². The fraction of sp³-hybridized carbons (Fsp3) is 0.0959. The number of carbonyl (C=O) groups excluding carboxylic acids is 1. The Kier molecular flexibility index (Phi) is 11.9. The Labute approximate surface area is 454 Å². The second kappa shape index (κ2) is 19.8. The minimum atomic E-state index is -0.486. The molecule has 0 amide bonds. The molecule has 2 unspecified atom stereocenters. The molecule has 0 saturated heterocycles. The van der Waals surface area contributed by atoms with Crippen molar-refractivity contribution in [2.45, 2.75) is 38.0 Å². The lowest BCUT2D eigenvalue weighted by molar-refractivity contribution is -0.115. The summed E-state index contributed by atoms with van der Waals surface area (Å²) in [7, 11) is 0. The van der Waals surface area contributed by atoms with Gasteiger partial charge in [-0.3, -0.25) is 4.79 Å². The first-order chi connectivity index (χ1) is 38.5. The van der Waals surface area contributed by atoms with Crippen LogP contribution in [0.3, 0.4) is 0 Å². The molecule has 0 bridgehead atoms. The van der Waals surface area contributed by atoms with Crippen LogP contribution in [0.4, 0.5) is 0 Å². The molecular formula is C73H53N3O2. The molecule has 372 valence electrons. The molecule has 3 atom stereocenters. The smallest absolute Gasteiger partial charge is 0.170 e. The molecule has 0 fully saturated rings. The summed E-state index contributed by atoms with van der Waals surface area (Å²) in [4.78, 5) is 29.6. The summed E-state index contributed by atoms with van der Waals surface area (Å²) in [5, 5.41) is 2.30. The number of benzene rings is 9. The van der Waals surface area contributed by atoms with E-state index in [1.54, 1.807) is 0 Å². The second-order valence-electron chi connectivity index (χ2n) is 20.9. The van der Waals surface area contributed by atoms with Crippen molar-refractivity contribution in [3.8, 4) is 56.2 Å². The van der Waals surface area contributed by atoms with Gasteiger partial charge >= 0.3 is 0 Å². The van der Waals surface area contributed by atoms with E-state index in [1.165, 1.54) is 44.5 Å². The number of fused-ring (bicyclic) bond motifs is 6. The Morgan fingerprint density at radius 3 is 1.88 bits per heavy atom. The highest BCUT2D eigenvalue weighted by Crippen LogP contribution is 2.49. The molecule has 2 aromatic heterocycles. The maximum Gasteiger partial charge on any atom is 0.170 e. The summed E-state index contributed by atoms with van der Waals surface area (Å²) >= 11 is 0. The molecule has 3 aliphatic rings. The first kappa shape index (κ1) is 46.9. The first-order valence-corrected chi connectivity index (χ1v) is 27.1. The quantitative estimate of drug-likeness (QED) is 0.129. The Bertz CT molecular complexity index is 4260. The van der Waals surface area contributed by atoms with Gasteiger partial charge in [0.05, 0.1) is 0 Å². The van der Waals surface area contributed by atoms with Crippen LogP contribution >= 0.6 is 0 Å². The van der Waals surface area contributed by atoms with E-state index in [2.05, 4.69) is 182 Å². The Balaban J connectivity index is 0.769. The second-order valence-corrected chi connectivity index (χ2v) is 20.9. The number of aryl methyl sites for hydroxylation is 1. The number of para-hydroxylation sites is 1. The molecule has 0 spiro atoms. The molecule has 11 aromatic rings. The number of nitrogens with zero attached hydrogens (tertiary/aromatic N) is 3. The van der Waals surface area contributed by atoms with Crippen molar-refractivity contribution in [1.29, 1.82) is 0 Å². The molecule has 0 saturated carbocycles. The number of carbonyl (C=O) groups is 1. The normalized spacial score (nSPS) is 16.7. The van der Waals surface area contributed by atoms with Crippen LogP contribution in [-0.2, 0) is 11.2 Å². The Morgan fingerprint density at radius 2 is 1.10 bits per heavy atom. The average molecular weight is 1000 g/mol. The zero-order chi connectivity index (χ0) is 52.1. The molecule has 2 heterocycles. The lowest BCUT2D eigenvalue weighted by Gasteiger charge is -2.22. The fourth-order valence-electron chi connectivity index (χ4n) is 12.1. The molecule has 3 aliphatic carbocycles. The third-order valence-corrected chi connectivity index (χ3v) is 16.2. The van der Waals surface area contributed by atoms with Crippen LogP contribution in [0.25, 0.3) is 94.8 Å². The Morgan fingerprint density at radius 1 is 0.500 bits per heavy atom. The van der Waals surface area contributed by atoms with Gasteiger partial charge in [-0.05, 0) is 116 Å². The standard InChI is InChI=1S/C73H53N3O2/c1-46-59(73-75-71(50-21-9-4-10-22-50)74-72(76-73)51-33-31-49(32-34-51)47-17-5-2-6-18-47)39-40-60(69(46)77)56-26-16-24-53(42-56)52-23-15-25-54(41-52)58-43-57(70-67(45-58)65-29-13-14-30-68(65)78-70)36-38-63-61-27-11-12-28-62(61)66-44-55(35-37-64(63)66)48-19-7-3-8-20-48/h2-24,26-35,37,39-46,54,63H,25,36,38H2,1H3/t46?,54?,63-/m1/s1. The van der Waals surface area contributed by atoms with E-state index in [0.29, 0.717) is 23.0 Å². The fourth-order valence-corrected chi connectivity index (χ4v) is 12.1. The predicted molar refractivity (Wildman–Crippen MR) is 318 cm³/mol. The van der Waals surface area contributed by atoms with Crippen LogP contribution in [0.1, 0.15) is 70.8 Å². The van der Waals surface area contributed by atoms with Crippen LogP contribution in [0.5, 0.6) is 0 Å². The van der Waals surface area contributed by atoms with Gasteiger partial charge in [-0.15, -0.1) is 0 Å². The van der Waals surface area contributed by atoms with Gasteiger partial charge in [-0.2, -0.15) is 0 Å². The number of allylic oxidation sites excluding steroid dienone is 8.